The van der Waals surface area contributed by atoms with Gasteiger partial charge in [0.05, 0.1) is 23.0 Å². The normalized spacial score (nSPS) is 11.8. The minimum absolute atomic E-state index is 0.502. The molecule has 2 aromatic carbocycles. The first-order valence-corrected chi connectivity index (χ1v) is 6.39. The first-order valence-electron chi connectivity index (χ1n) is 6.01. The minimum Gasteiger partial charge on any atom is -0.278 e. The van der Waals surface area contributed by atoms with E-state index in [1.807, 2.05) is 6.07 Å². The van der Waals surface area contributed by atoms with E-state index in [2.05, 4.69) is 10.5 Å². The van der Waals surface area contributed by atoms with Gasteiger partial charge in [-0.2, -0.15) is 23.1 Å². The number of rotatable bonds is 2. The maximum Gasteiger partial charge on any atom is 0.416 e. The van der Waals surface area contributed by atoms with E-state index in [-0.39, 0.29) is 0 Å². The van der Waals surface area contributed by atoms with Gasteiger partial charge in [0.2, 0.25) is 0 Å². The Morgan fingerprint density at radius 2 is 1.76 bits per heavy atom. The Balaban J connectivity index is 1.84. The number of hydrogen-bond donors (Lipinski definition) is 1. The van der Waals surface area contributed by atoms with Crippen molar-refractivity contribution in [2.24, 2.45) is 0 Å². The average Bonchev–Trinajstić information content (AvgIpc) is 2.79. The zero-order chi connectivity index (χ0) is 15.0. The highest BCUT2D eigenvalue weighted by Crippen LogP contribution is 2.29. The van der Waals surface area contributed by atoms with E-state index in [1.165, 1.54) is 16.9 Å². The summed E-state index contributed by atoms with van der Waals surface area (Å²) < 4.78 is 37.4. The Kier molecular flexibility index (Phi) is 3.25. The summed E-state index contributed by atoms with van der Waals surface area (Å²) in [4.78, 5) is 1.43. The molecule has 3 rings (SSSR count). The van der Waals surface area contributed by atoms with Crippen LogP contribution in [0.3, 0.4) is 0 Å². The molecule has 1 N–H and O–H groups in total. The van der Waals surface area contributed by atoms with Crippen LogP contribution in [0.5, 0.6) is 0 Å². The van der Waals surface area contributed by atoms with Gasteiger partial charge in [-0.25, -0.2) is 0 Å². The van der Waals surface area contributed by atoms with Gasteiger partial charge < -0.3 is 0 Å². The second-order valence-corrected chi connectivity index (χ2v) is 4.90. The number of fused-ring (bicyclic) bond motifs is 1. The third-order valence-electron chi connectivity index (χ3n) is 2.93. The van der Waals surface area contributed by atoms with Crippen molar-refractivity contribution in [3.8, 4) is 0 Å². The molecular formula is C14H9ClF3N3. The van der Waals surface area contributed by atoms with Crippen LogP contribution in [0.1, 0.15) is 5.56 Å². The summed E-state index contributed by atoms with van der Waals surface area (Å²) in [6.45, 7) is 0. The molecular weight excluding hydrogens is 303 g/mol. The standard InChI is InChI=1S/C14H9ClF3N3/c15-11-4-1-9-8-21(20-13(9)7-11)19-12-5-2-10(3-6-12)14(16,17)18/h1-8,19H. The van der Waals surface area contributed by atoms with E-state index in [4.69, 9.17) is 11.6 Å². The molecule has 3 aromatic rings. The maximum atomic E-state index is 12.5. The molecule has 0 aliphatic heterocycles. The van der Waals surface area contributed by atoms with Gasteiger partial charge >= 0.3 is 6.18 Å². The molecule has 0 saturated heterocycles. The van der Waals surface area contributed by atoms with E-state index in [0.29, 0.717) is 16.2 Å². The molecule has 21 heavy (non-hydrogen) atoms. The molecule has 1 aromatic heterocycles. The van der Waals surface area contributed by atoms with Crippen LogP contribution in [0.4, 0.5) is 18.9 Å². The van der Waals surface area contributed by atoms with Gasteiger partial charge in [0.25, 0.3) is 0 Å². The zero-order valence-corrected chi connectivity index (χ0v) is 11.3. The molecule has 0 aliphatic rings. The molecule has 1 heterocycles. The van der Waals surface area contributed by atoms with Crippen molar-refractivity contribution >= 4 is 28.2 Å². The summed E-state index contributed by atoms with van der Waals surface area (Å²) in [5.74, 6) is 0. The van der Waals surface area contributed by atoms with Gasteiger partial charge in [0, 0.05) is 10.4 Å². The zero-order valence-electron chi connectivity index (χ0n) is 10.5. The topological polar surface area (TPSA) is 29.9 Å². The minimum atomic E-state index is -4.34. The van der Waals surface area contributed by atoms with Crippen molar-refractivity contribution < 1.29 is 13.2 Å². The number of aromatic nitrogens is 2. The first kappa shape index (κ1) is 13.8. The van der Waals surface area contributed by atoms with Crippen LogP contribution in [0.2, 0.25) is 5.02 Å². The molecule has 0 fully saturated rings. The van der Waals surface area contributed by atoms with Crippen LogP contribution in [0.25, 0.3) is 10.9 Å². The van der Waals surface area contributed by atoms with Crippen LogP contribution in [-0.4, -0.2) is 9.89 Å². The Hall–Kier alpha value is -2.21. The van der Waals surface area contributed by atoms with Crippen LogP contribution in [0, 0.1) is 0 Å². The fourth-order valence-corrected chi connectivity index (χ4v) is 2.08. The largest absolute Gasteiger partial charge is 0.416 e. The second kappa shape index (κ2) is 4.96. The van der Waals surface area contributed by atoms with Crippen molar-refractivity contribution in [2.75, 3.05) is 5.43 Å². The van der Waals surface area contributed by atoms with Gasteiger partial charge in [-0.3, -0.25) is 5.43 Å². The van der Waals surface area contributed by atoms with Gasteiger partial charge in [-0.05, 0) is 42.5 Å². The van der Waals surface area contributed by atoms with Gasteiger partial charge in [-0.1, -0.05) is 11.6 Å². The fourth-order valence-electron chi connectivity index (χ4n) is 1.91. The van der Waals surface area contributed by atoms with Crippen LogP contribution >= 0.6 is 11.6 Å². The third kappa shape index (κ3) is 2.95. The third-order valence-corrected chi connectivity index (χ3v) is 3.16. The van der Waals surface area contributed by atoms with Crippen molar-refractivity contribution in [1.29, 1.82) is 0 Å². The van der Waals surface area contributed by atoms with Gasteiger partial charge in [0.1, 0.15) is 0 Å². The van der Waals surface area contributed by atoms with Crippen molar-refractivity contribution in [3.63, 3.8) is 0 Å². The smallest absolute Gasteiger partial charge is 0.278 e. The lowest BCUT2D eigenvalue weighted by Gasteiger charge is -2.09. The number of halogens is 4. The van der Waals surface area contributed by atoms with Crippen molar-refractivity contribution in [1.82, 2.24) is 9.89 Å². The number of anilines is 1. The van der Waals surface area contributed by atoms with Crippen molar-refractivity contribution in [3.05, 3.63) is 59.2 Å². The molecule has 0 saturated carbocycles. The molecule has 7 heteroatoms. The van der Waals surface area contributed by atoms with E-state index >= 15 is 0 Å². The van der Waals surface area contributed by atoms with Crippen LogP contribution < -0.4 is 5.43 Å². The summed E-state index contributed by atoms with van der Waals surface area (Å²) in [7, 11) is 0. The van der Waals surface area contributed by atoms with E-state index < -0.39 is 11.7 Å². The first-order chi connectivity index (χ1) is 9.91. The second-order valence-electron chi connectivity index (χ2n) is 4.46. The molecule has 108 valence electrons. The fraction of sp³-hybridized carbons (Fsp3) is 0.0714. The van der Waals surface area contributed by atoms with Crippen LogP contribution in [0.15, 0.2) is 48.7 Å². The Labute approximate surface area is 122 Å². The quantitative estimate of drug-likeness (QED) is 0.750. The maximum absolute atomic E-state index is 12.5. The summed E-state index contributed by atoms with van der Waals surface area (Å²) >= 11 is 5.87. The lowest BCUT2D eigenvalue weighted by Crippen LogP contribution is -2.10. The average molecular weight is 312 g/mol. The molecule has 3 nitrogen and oxygen atoms in total. The predicted molar refractivity (Wildman–Crippen MR) is 75.2 cm³/mol. The summed E-state index contributed by atoms with van der Waals surface area (Å²) in [5, 5.41) is 5.68. The van der Waals surface area contributed by atoms with Gasteiger partial charge in [-0.15, -0.1) is 0 Å². The number of benzene rings is 2. The molecule has 0 aliphatic carbocycles. The van der Waals surface area contributed by atoms with E-state index in [0.717, 1.165) is 17.5 Å². The molecule has 0 bridgehead atoms. The molecule has 0 radical (unpaired) electrons. The number of alkyl halides is 3. The summed E-state index contributed by atoms with van der Waals surface area (Å²) in [6.07, 6.45) is -2.61. The summed E-state index contributed by atoms with van der Waals surface area (Å²) in [5.41, 5.74) is 3.40. The molecule has 0 unspecified atom stereocenters. The SMILES string of the molecule is FC(F)(F)c1ccc(Nn2cc3ccc(Cl)cc3n2)cc1. The Morgan fingerprint density at radius 1 is 1.05 bits per heavy atom. The highest BCUT2D eigenvalue weighted by Gasteiger charge is 2.29. The van der Waals surface area contributed by atoms with E-state index in [1.54, 1.807) is 18.3 Å². The lowest BCUT2D eigenvalue weighted by atomic mass is 10.2. The molecule has 0 amide bonds. The monoisotopic (exact) mass is 311 g/mol. The Morgan fingerprint density at radius 3 is 2.43 bits per heavy atom. The highest BCUT2D eigenvalue weighted by atomic mass is 35.5. The van der Waals surface area contributed by atoms with Crippen LogP contribution in [-0.2, 0) is 6.18 Å². The van der Waals surface area contributed by atoms with Crippen molar-refractivity contribution in [2.45, 2.75) is 6.18 Å². The number of hydrogen-bond acceptors (Lipinski definition) is 2. The lowest BCUT2D eigenvalue weighted by molar-refractivity contribution is -0.137. The summed E-state index contributed by atoms with van der Waals surface area (Å²) in [6, 6.07) is 10.0. The number of nitrogens with zero attached hydrogens (tertiary/aromatic N) is 2. The van der Waals surface area contributed by atoms with Gasteiger partial charge in [0.15, 0.2) is 0 Å². The molecule has 0 atom stereocenters. The number of nitrogens with one attached hydrogen (secondary N) is 1. The highest BCUT2D eigenvalue weighted by molar-refractivity contribution is 6.31. The van der Waals surface area contributed by atoms with E-state index in [9.17, 15) is 13.2 Å². The molecule has 0 spiro atoms. The predicted octanol–water partition coefficient (Wildman–Crippen LogP) is 4.58. The Bertz CT molecular complexity index is 778.